The van der Waals surface area contributed by atoms with Gasteiger partial charge in [-0.1, -0.05) is 241 Å². The van der Waals surface area contributed by atoms with Gasteiger partial charge < -0.3 is 4.74 Å². The van der Waals surface area contributed by atoms with Crippen LogP contribution in [0.5, 0.6) is 11.5 Å². The summed E-state index contributed by atoms with van der Waals surface area (Å²) in [6.07, 6.45) is 4.64. The monoisotopic (exact) mass is 1100 g/mol. The van der Waals surface area contributed by atoms with Crippen LogP contribution in [-0.4, -0.2) is 22.2 Å². The van der Waals surface area contributed by atoms with Crippen LogP contribution in [0.4, 0.5) is 0 Å². The second-order valence-electron chi connectivity index (χ2n) is 22.0. The minimum absolute atomic E-state index is 0.0519. The third kappa shape index (κ3) is 9.23. The van der Waals surface area contributed by atoms with Gasteiger partial charge in [-0.25, -0.2) is 4.98 Å². The van der Waals surface area contributed by atoms with Crippen molar-refractivity contribution < 1.29 is 43.6 Å². The molecule has 400 valence electrons. The van der Waals surface area contributed by atoms with Gasteiger partial charge in [-0.3, -0.25) is 13.7 Å². The van der Waals surface area contributed by atoms with Crippen molar-refractivity contribution in [3.8, 4) is 50.9 Å². The Morgan fingerprint density at radius 2 is 1.10 bits per heavy atom. The summed E-state index contributed by atoms with van der Waals surface area (Å²) in [4.78, 5) is 4.53. The van der Waals surface area contributed by atoms with Crippen LogP contribution in [0, 0.1) is 20.0 Å². The highest BCUT2D eigenvalue weighted by molar-refractivity contribution is 7.19. The predicted octanol–water partition coefficient (Wildman–Crippen LogP) is 15.9. The van der Waals surface area contributed by atoms with Gasteiger partial charge in [-0.2, -0.15) is 0 Å². The molecular weight excluding hydrogens is 1010 g/mol. The molecule has 0 N–H and O–H groups in total. The van der Waals surface area contributed by atoms with Gasteiger partial charge in [0, 0.05) is 31.3 Å². The van der Waals surface area contributed by atoms with Gasteiger partial charge in [-0.05, 0) is 132 Å². The average molecular weight is 1100 g/mol. The molecule has 0 spiro atoms. The SMILES string of the molecule is [2H]c1c([2H])c([2H])c([Si](c2c([2H])c([2H])c([2H])c([2H])c2[2H])(c2c([2H])c([2H])c([2H])c([2H])c2[2H])c2c([2H])c([2H])c([2H])c(-c3cccc(-c4cc(C(C)(C)C)cc(C(C)(C)C)c4)c3-[n+]3[c-]n(-c4cccc(Oc5ccc6c7ccccc7n(-c7cc(C([2H])([2H])[2H])c(C([2H])([2H])[2H])cn7)c6c5)c4)c4ccccc43)c2[2H])c([2H])c1[2H]. The van der Waals surface area contributed by atoms with Gasteiger partial charge in [0.15, 0.2) is 8.07 Å². The zero-order valence-electron chi connectivity index (χ0n) is 70.5. The minimum atomic E-state index is -6.28. The standard InChI is InChI=1S/C76H66N4OSi/c1-52-43-73(77-50-53(52)2)80-69-38-19-18-35-67(69)68-42-41-60(49-72(68)80)81-59-27-23-26-58(48-59)78-51-79(71-40-21-20-39-70(71)78)74-65(36-24-37-66(74)55-44-56(75(3,4)5)47-57(45-55)76(6,7)8)54-25-22-34-64(46-54)82(61-28-12-9-13-29-61,62-30-14-10-15-31-62)63-32-16-11-17-33-63/h9-50H,1-8H3/i1D3,2D3,9D,10D,11D,12D,13D,14D,15D,16D,17D,22D,25D,28D,29D,30D,31D,32D,33D,34D,46D. The molecule has 0 aliphatic rings. The van der Waals surface area contributed by atoms with E-state index in [9.17, 15) is 21.9 Å². The molecule has 0 radical (unpaired) electrons. The molecule has 0 atom stereocenters. The summed E-state index contributed by atoms with van der Waals surface area (Å²) in [5.41, 5.74) is 3.32. The van der Waals surface area contributed by atoms with E-state index in [1.807, 2.05) is 48.5 Å². The van der Waals surface area contributed by atoms with Crippen LogP contribution in [0.25, 0.3) is 72.3 Å². The van der Waals surface area contributed by atoms with E-state index in [2.05, 4.69) is 58.9 Å². The largest absolute Gasteiger partial charge is 0.458 e. The van der Waals surface area contributed by atoms with Gasteiger partial charge in [0.25, 0.3) is 6.33 Å². The topological polar surface area (TPSA) is 35.9 Å². The van der Waals surface area contributed by atoms with Crippen LogP contribution < -0.4 is 30.1 Å². The Morgan fingerprint density at radius 1 is 0.512 bits per heavy atom. The second kappa shape index (κ2) is 20.6. The number of nitrogens with zero attached hydrogens (tertiary/aromatic N) is 4. The number of para-hydroxylation sites is 4. The van der Waals surface area contributed by atoms with Crippen LogP contribution in [0.3, 0.4) is 0 Å². The van der Waals surface area contributed by atoms with Crippen molar-refractivity contribution in [1.29, 1.82) is 0 Å². The Kier molecular flexibility index (Phi) is 7.80. The van der Waals surface area contributed by atoms with E-state index in [4.69, 9.17) is 17.1 Å². The molecule has 0 amide bonds. The molecule has 6 heteroatoms. The molecule has 13 aromatic rings. The highest BCUT2D eigenvalue weighted by Gasteiger charge is 2.41. The van der Waals surface area contributed by atoms with Gasteiger partial charge in [0.1, 0.15) is 17.3 Å². The highest BCUT2D eigenvalue weighted by atomic mass is 28.3. The van der Waals surface area contributed by atoms with Crippen LogP contribution in [0.1, 0.15) is 98.1 Å². The number of benzene rings is 10. The molecule has 0 saturated carbocycles. The molecule has 3 heterocycles. The lowest BCUT2D eigenvalue weighted by molar-refractivity contribution is -0.571. The number of ether oxygens (including phenoxy) is 1. The summed E-state index contributed by atoms with van der Waals surface area (Å²) >= 11 is 0. The number of pyridine rings is 1. The molecule has 10 aromatic carbocycles. The lowest BCUT2D eigenvalue weighted by atomic mass is 9.78. The summed E-state index contributed by atoms with van der Waals surface area (Å²) in [5.74, 6) is 0.795. The quantitative estimate of drug-likeness (QED) is 0.0560. The number of aryl methyl sites for hydroxylation is 2. The highest BCUT2D eigenvalue weighted by Crippen LogP contribution is 2.40. The van der Waals surface area contributed by atoms with E-state index < -0.39 is 179 Å². The first-order valence-electron chi connectivity index (χ1n) is 39.0. The van der Waals surface area contributed by atoms with Crippen LogP contribution >= 0.6 is 0 Å². The first kappa shape index (κ1) is 31.0. The fourth-order valence-corrected chi connectivity index (χ4v) is 14.2. The summed E-state index contributed by atoms with van der Waals surface area (Å²) in [7, 11) is -6.28. The van der Waals surface area contributed by atoms with Gasteiger partial charge in [0.2, 0.25) is 0 Å². The Morgan fingerprint density at radius 3 is 1.76 bits per heavy atom. The van der Waals surface area contributed by atoms with Crippen molar-refractivity contribution >= 4 is 61.7 Å². The van der Waals surface area contributed by atoms with E-state index in [0.29, 0.717) is 50.4 Å². The first-order valence-corrected chi connectivity index (χ1v) is 28.5. The Hall–Kier alpha value is -9.36. The van der Waals surface area contributed by atoms with E-state index in [1.165, 1.54) is 12.1 Å². The Labute approximate surface area is 518 Å². The Bertz CT molecular complexity index is 5660. The molecule has 82 heavy (non-hydrogen) atoms. The number of fused-ring (bicyclic) bond motifs is 4. The zero-order valence-corrected chi connectivity index (χ0v) is 46.5. The third-order valence-corrected chi connectivity index (χ3v) is 18.8. The first-order chi connectivity index (χ1) is 50.0. The lowest BCUT2D eigenvalue weighted by Gasteiger charge is -2.34. The molecule has 0 saturated heterocycles. The molecule has 0 aliphatic carbocycles. The molecule has 5 nitrogen and oxygen atoms in total. The van der Waals surface area contributed by atoms with Crippen molar-refractivity contribution in [2.45, 2.75) is 66.1 Å². The maximum atomic E-state index is 11.0. The predicted molar refractivity (Wildman–Crippen MR) is 344 cm³/mol. The van der Waals surface area contributed by atoms with Crippen LogP contribution in [0.2, 0.25) is 0 Å². The lowest BCUT2D eigenvalue weighted by Crippen LogP contribution is -2.74. The van der Waals surface area contributed by atoms with Crippen molar-refractivity contribution in [3.05, 3.63) is 283 Å². The van der Waals surface area contributed by atoms with E-state index in [1.54, 1.807) is 80.4 Å². The maximum absolute atomic E-state index is 11.0. The number of aromatic nitrogens is 4. The van der Waals surface area contributed by atoms with Gasteiger partial charge >= 0.3 is 0 Å². The van der Waals surface area contributed by atoms with Gasteiger partial charge in [-0.15, -0.1) is 0 Å². The second-order valence-corrected chi connectivity index (χ2v) is 25.5. The van der Waals surface area contributed by atoms with E-state index in [0.717, 1.165) is 28.1 Å². The zero-order chi connectivity index (χ0) is 77.9. The summed E-state index contributed by atoms with van der Waals surface area (Å²) in [6, 6.07) is 19.2. The smallest absolute Gasteiger partial charge is 0.269 e. The molecule has 0 fully saturated rings. The van der Waals surface area contributed by atoms with Crippen LogP contribution in [0.15, 0.2) is 254 Å². The molecule has 13 rings (SSSR count). The fraction of sp³-hybridized carbons (Fsp3) is 0.132. The van der Waals surface area contributed by atoms with Gasteiger partial charge in [0.05, 0.1) is 59.5 Å². The van der Waals surface area contributed by atoms with Crippen molar-refractivity contribution in [2.24, 2.45) is 0 Å². The van der Waals surface area contributed by atoms with Crippen molar-refractivity contribution in [1.82, 2.24) is 14.1 Å². The maximum Gasteiger partial charge on any atom is 0.269 e. The van der Waals surface area contributed by atoms with Crippen molar-refractivity contribution in [3.63, 3.8) is 0 Å². The molecule has 0 unspecified atom stereocenters. The average Bonchev–Trinajstić information content (AvgIpc) is 0.946. The molecule has 0 bridgehead atoms. The van der Waals surface area contributed by atoms with E-state index in [-0.39, 0.29) is 22.6 Å². The number of hydrogen-bond acceptors (Lipinski definition) is 2. The van der Waals surface area contributed by atoms with E-state index >= 15 is 0 Å². The summed E-state index contributed by atoms with van der Waals surface area (Å²) in [6.45, 7) is 6.74. The molecule has 0 aliphatic heterocycles. The minimum Gasteiger partial charge on any atom is -0.458 e. The fourth-order valence-electron chi connectivity index (χ4n) is 10.7. The number of imidazole rings is 1. The molecule has 3 aromatic heterocycles. The summed E-state index contributed by atoms with van der Waals surface area (Å²) in [5, 5.41) is -2.30. The normalized spacial score (nSPS) is 16.8. The number of hydrogen-bond donors (Lipinski definition) is 0. The number of rotatable bonds is 11. The third-order valence-electron chi connectivity index (χ3n) is 14.8. The molecular formula is C76H66N4OSi. The van der Waals surface area contributed by atoms with Crippen LogP contribution in [-0.2, 0) is 10.8 Å². The van der Waals surface area contributed by atoms with Crippen molar-refractivity contribution in [2.75, 3.05) is 0 Å². The summed E-state index contributed by atoms with van der Waals surface area (Å²) < 4.78 is 243. The Balaban J connectivity index is 1.11.